The smallest absolute Gasteiger partial charge is 0.335 e. The molecule has 0 spiro atoms. The number of hydrogen-bond donors (Lipinski definition) is 3. The summed E-state index contributed by atoms with van der Waals surface area (Å²) >= 11 is 0. The zero-order chi connectivity index (χ0) is 18.8. The van der Waals surface area contributed by atoms with Gasteiger partial charge in [-0.3, -0.25) is 9.59 Å². The van der Waals surface area contributed by atoms with Crippen molar-refractivity contribution in [3.8, 4) is 0 Å². The minimum Gasteiger partial charge on any atom is -0.478 e. The Kier molecular flexibility index (Phi) is 7.05. The molecule has 0 radical (unpaired) electrons. The third-order valence-corrected chi connectivity index (χ3v) is 3.46. The number of hydrogen-bond acceptors (Lipinski definition) is 4. The fourth-order valence-electron chi connectivity index (χ4n) is 2.13. The van der Waals surface area contributed by atoms with Crippen LogP contribution in [-0.2, 0) is 16.0 Å². The molecule has 0 aliphatic rings. The molecule has 0 aliphatic heterocycles. The Morgan fingerprint density at radius 3 is 2.31 bits per heavy atom. The van der Waals surface area contributed by atoms with Gasteiger partial charge in [0.2, 0.25) is 11.8 Å². The number of carbonyl (C=O) groups excluding carboxylic acids is 2. The van der Waals surface area contributed by atoms with Crippen molar-refractivity contribution >= 4 is 24.0 Å². The van der Waals surface area contributed by atoms with Crippen LogP contribution in [0.15, 0.2) is 59.7 Å². The molecule has 0 aromatic heterocycles. The van der Waals surface area contributed by atoms with Crippen LogP contribution < -0.4 is 10.7 Å². The van der Waals surface area contributed by atoms with Gasteiger partial charge in [-0.2, -0.15) is 5.10 Å². The average molecular weight is 353 g/mol. The van der Waals surface area contributed by atoms with Crippen molar-refractivity contribution in [1.82, 2.24) is 10.7 Å². The molecule has 0 aliphatic carbocycles. The van der Waals surface area contributed by atoms with Crippen LogP contribution in [0.25, 0.3) is 0 Å². The maximum Gasteiger partial charge on any atom is 0.335 e. The lowest BCUT2D eigenvalue weighted by atomic mass is 10.1. The molecule has 0 saturated heterocycles. The van der Waals surface area contributed by atoms with E-state index in [9.17, 15) is 14.4 Å². The average Bonchev–Trinajstić information content (AvgIpc) is 2.63. The van der Waals surface area contributed by atoms with Crippen LogP contribution in [0.3, 0.4) is 0 Å². The van der Waals surface area contributed by atoms with Crippen molar-refractivity contribution in [3.63, 3.8) is 0 Å². The van der Waals surface area contributed by atoms with Gasteiger partial charge in [-0.05, 0) is 29.7 Å². The summed E-state index contributed by atoms with van der Waals surface area (Å²) in [4.78, 5) is 34.1. The van der Waals surface area contributed by atoms with Gasteiger partial charge in [0, 0.05) is 6.54 Å². The third-order valence-electron chi connectivity index (χ3n) is 3.46. The number of nitrogens with one attached hydrogen (secondary N) is 2. The van der Waals surface area contributed by atoms with E-state index in [1.807, 2.05) is 30.3 Å². The minimum atomic E-state index is -1.01. The van der Waals surface area contributed by atoms with Crippen molar-refractivity contribution in [2.45, 2.75) is 12.8 Å². The van der Waals surface area contributed by atoms with Gasteiger partial charge in [-0.15, -0.1) is 0 Å². The molecule has 0 heterocycles. The maximum absolute atomic E-state index is 11.7. The van der Waals surface area contributed by atoms with Crippen LogP contribution >= 0.6 is 0 Å². The highest BCUT2D eigenvalue weighted by Gasteiger charge is 2.08. The van der Waals surface area contributed by atoms with E-state index in [-0.39, 0.29) is 17.9 Å². The number of carboxylic acid groups (broad SMARTS) is 1. The molecule has 0 fully saturated rings. The summed E-state index contributed by atoms with van der Waals surface area (Å²) in [5.74, 6) is -1.92. The lowest BCUT2D eigenvalue weighted by Gasteiger charge is -2.04. The van der Waals surface area contributed by atoms with Crippen molar-refractivity contribution < 1.29 is 19.5 Å². The minimum absolute atomic E-state index is 0.165. The predicted molar refractivity (Wildman–Crippen MR) is 96.9 cm³/mol. The Balaban J connectivity index is 1.68. The largest absolute Gasteiger partial charge is 0.478 e. The molecule has 134 valence electrons. The van der Waals surface area contributed by atoms with Crippen molar-refractivity contribution in [3.05, 3.63) is 71.3 Å². The number of nitrogens with zero attached hydrogens (tertiary/aromatic N) is 1. The van der Waals surface area contributed by atoms with Crippen LogP contribution in [0.2, 0.25) is 0 Å². The van der Waals surface area contributed by atoms with E-state index in [0.29, 0.717) is 18.5 Å². The van der Waals surface area contributed by atoms with Gasteiger partial charge in [-0.25, -0.2) is 10.2 Å². The molecule has 0 unspecified atom stereocenters. The Morgan fingerprint density at radius 1 is 0.962 bits per heavy atom. The first-order valence-electron chi connectivity index (χ1n) is 8.00. The van der Waals surface area contributed by atoms with E-state index >= 15 is 0 Å². The third kappa shape index (κ3) is 6.56. The summed E-state index contributed by atoms with van der Waals surface area (Å²) in [5, 5.41) is 15.2. The molecule has 26 heavy (non-hydrogen) atoms. The van der Waals surface area contributed by atoms with Crippen molar-refractivity contribution in [2.75, 3.05) is 6.54 Å². The molecule has 7 heteroatoms. The number of carbonyl (C=O) groups is 3. The topological polar surface area (TPSA) is 108 Å². The number of amides is 2. The first-order valence-corrected chi connectivity index (χ1v) is 8.00. The Bertz CT molecular complexity index is 786. The summed E-state index contributed by atoms with van der Waals surface area (Å²) in [6.07, 6.45) is 1.75. The van der Waals surface area contributed by atoms with Crippen molar-refractivity contribution in [2.24, 2.45) is 5.10 Å². The summed E-state index contributed by atoms with van der Waals surface area (Å²) in [6, 6.07) is 15.7. The highest BCUT2D eigenvalue weighted by Crippen LogP contribution is 2.02. The first kappa shape index (κ1) is 18.9. The van der Waals surface area contributed by atoms with Gasteiger partial charge >= 0.3 is 5.97 Å². The van der Waals surface area contributed by atoms with Crippen molar-refractivity contribution in [1.29, 1.82) is 0 Å². The highest BCUT2D eigenvalue weighted by atomic mass is 16.4. The number of rotatable bonds is 8. The standard InChI is InChI=1S/C19H19N3O4/c23-17(20-11-10-14-4-2-1-3-5-14)12-18(24)22-21-13-15-6-8-16(9-7-15)19(25)26/h1-9,13H,10-12H2,(H,20,23)(H,22,24)(H,25,26)/b21-13+. The van der Waals surface area contributed by atoms with Gasteiger partial charge in [0.15, 0.2) is 0 Å². The monoisotopic (exact) mass is 353 g/mol. The zero-order valence-corrected chi connectivity index (χ0v) is 14.0. The van der Waals surface area contributed by atoms with Gasteiger partial charge in [0.1, 0.15) is 6.42 Å². The first-order chi connectivity index (χ1) is 12.5. The van der Waals surface area contributed by atoms with Crippen LogP contribution in [0.5, 0.6) is 0 Å². The molecule has 3 N–H and O–H groups in total. The fraction of sp³-hybridized carbons (Fsp3) is 0.158. The molecule has 7 nitrogen and oxygen atoms in total. The fourth-order valence-corrected chi connectivity index (χ4v) is 2.13. The van der Waals surface area contributed by atoms with Gasteiger partial charge in [0.25, 0.3) is 0 Å². The maximum atomic E-state index is 11.7. The van der Waals surface area contributed by atoms with E-state index in [4.69, 9.17) is 5.11 Å². The SMILES string of the molecule is O=C(CC(=O)N/N=C/c1ccc(C(=O)O)cc1)NCCc1ccccc1. The summed E-state index contributed by atoms with van der Waals surface area (Å²) in [5.41, 5.74) is 4.16. The molecular weight excluding hydrogens is 334 g/mol. The van der Waals surface area contributed by atoms with Crippen LogP contribution in [0.4, 0.5) is 0 Å². The lowest BCUT2D eigenvalue weighted by Crippen LogP contribution is -2.31. The summed E-state index contributed by atoms with van der Waals surface area (Å²) in [7, 11) is 0. The van der Waals surface area contributed by atoms with E-state index < -0.39 is 11.9 Å². The van der Waals surface area contributed by atoms with Crippen LogP contribution in [0, 0.1) is 0 Å². The predicted octanol–water partition coefficient (Wildman–Crippen LogP) is 1.58. The van der Waals surface area contributed by atoms with Crippen LogP contribution in [0.1, 0.15) is 27.9 Å². The highest BCUT2D eigenvalue weighted by molar-refractivity contribution is 5.97. The molecule has 2 aromatic rings. The number of benzene rings is 2. The second-order valence-electron chi connectivity index (χ2n) is 5.48. The lowest BCUT2D eigenvalue weighted by molar-refractivity contribution is -0.129. The molecular formula is C19H19N3O4. The second-order valence-corrected chi connectivity index (χ2v) is 5.48. The van der Waals surface area contributed by atoms with Gasteiger partial charge in [0.05, 0.1) is 11.8 Å². The molecule has 0 bridgehead atoms. The van der Waals surface area contributed by atoms with Crippen LogP contribution in [-0.4, -0.2) is 35.6 Å². The Labute approximate surface area is 150 Å². The van der Waals surface area contributed by atoms with E-state index in [1.165, 1.54) is 18.3 Å². The molecule has 2 rings (SSSR count). The summed E-state index contributed by atoms with van der Waals surface area (Å²) < 4.78 is 0. The molecule has 0 saturated carbocycles. The van der Waals surface area contributed by atoms with E-state index in [1.54, 1.807) is 12.1 Å². The number of carboxylic acids is 1. The van der Waals surface area contributed by atoms with E-state index in [0.717, 1.165) is 5.56 Å². The quantitative estimate of drug-likeness (QED) is 0.380. The van der Waals surface area contributed by atoms with E-state index in [2.05, 4.69) is 15.8 Å². The Hall–Kier alpha value is -3.48. The normalized spacial score (nSPS) is 10.5. The summed E-state index contributed by atoms with van der Waals surface area (Å²) in [6.45, 7) is 0.454. The molecule has 2 amide bonds. The zero-order valence-electron chi connectivity index (χ0n) is 14.0. The number of hydrazone groups is 1. The number of aromatic carboxylic acids is 1. The molecule has 2 aromatic carbocycles. The van der Waals surface area contributed by atoms with Gasteiger partial charge < -0.3 is 10.4 Å². The van der Waals surface area contributed by atoms with Gasteiger partial charge in [-0.1, -0.05) is 42.5 Å². The Morgan fingerprint density at radius 2 is 1.65 bits per heavy atom. The second kappa shape index (κ2) is 9.73. The molecule has 0 atom stereocenters.